The molecule has 22 heavy (non-hydrogen) atoms. The second kappa shape index (κ2) is 6.95. The van der Waals surface area contributed by atoms with Crippen molar-refractivity contribution in [1.29, 1.82) is 0 Å². The molecule has 1 heterocycles. The van der Waals surface area contributed by atoms with Crippen LogP contribution in [0, 0.1) is 5.82 Å². The van der Waals surface area contributed by atoms with Crippen LogP contribution in [0.4, 0.5) is 4.39 Å². The van der Waals surface area contributed by atoms with Crippen LogP contribution in [0.5, 0.6) is 0 Å². The summed E-state index contributed by atoms with van der Waals surface area (Å²) in [5.41, 5.74) is 1.79. The number of hydrogen-bond acceptors (Lipinski definition) is 3. The Morgan fingerprint density at radius 2 is 1.82 bits per heavy atom. The molecule has 0 aliphatic heterocycles. The van der Waals surface area contributed by atoms with Crippen molar-refractivity contribution in [3.8, 4) is 0 Å². The topological polar surface area (TPSA) is 42.7 Å². The lowest BCUT2D eigenvalue weighted by Crippen LogP contribution is -2.26. The summed E-state index contributed by atoms with van der Waals surface area (Å²) in [4.78, 5) is 3.97. The van der Waals surface area contributed by atoms with Gasteiger partial charge in [0, 0.05) is 12.1 Å². The zero-order chi connectivity index (χ0) is 15.2. The zero-order valence-corrected chi connectivity index (χ0v) is 12.1. The van der Waals surface area contributed by atoms with Crippen LogP contribution in [0.1, 0.15) is 17.2 Å². The summed E-state index contributed by atoms with van der Waals surface area (Å²) in [6.07, 6.45) is 3.19. The highest BCUT2D eigenvalue weighted by atomic mass is 19.1. The Morgan fingerprint density at radius 3 is 2.55 bits per heavy atom. The van der Waals surface area contributed by atoms with Crippen LogP contribution in [0.25, 0.3) is 0 Å². The summed E-state index contributed by atoms with van der Waals surface area (Å²) < 4.78 is 15.5. The quantitative estimate of drug-likeness (QED) is 0.760. The fraction of sp³-hybridized carbons (Fsp3) is 0.176. The van der Waals surface area contributed by atoms with Crippen LogP contribution in [0.2, 0.25) is 0 Å². The highest BCUT2D eigenvalue weighted by Crippen LogP contribution is 2.16. The minimum Gasteiger partial charge on any atom is -0.304 e. The number of aromatic nitrogens is 3. The van der Waals surface area contributed by atoms with E-state index in [1.165, 1.54) is 12.4 Å². The molecule has 0 saturated carbocycles. The lowest BCUT2D eigenvalue weighted by atomic mass is 10.1. The number of nitrogens with one attached hydrogen (secondary N) is 1. The van der Waals surface area contributed by atoms with Gasteiger partial charge in [0.25, 0.3) is 0 Å². The van der Waals surface area contributed by atoms with Gasteiger partial charge in [0.15, 0.2) is 0 Å². The summed E-state index contributed by atoms with van der Waals surface area (Å²) in [6.45, 7) is 1.10. The third-order valence-electron chi connectivity index (χ3n) is 3.53. The summed E-state index contributed by atoms with van der Waals surface area (Å²) in [5.74, 6) is -0.192. The van der Waals surface area contributed by atoms with E-state index in [1.54, 1.807) is 23.1 Å². The predicted molar refractivity (Wildman–Crippen MR) is 82.4 cm³/mol. The first-order chi connectivity index (χ1) is 10.8. The molecule has 5 heteroatoms. The lowest BCUT2D eigenvalue weighted by Gasteiger charge is -2.19. The minimum absolute atomic E-state index is 0.0301. The van der Waals surface area contributed by atoms with Gasteiger partial charge < -0.3 is 5.32 Å². The molecule has 0 aliphatic rings. The van der Waals surface area contributed by atoms with Crippen molar-refractivity contribution < 1.29 is 4.39 Å². The van der Waals surface area contributed by atoms with Gasteiger partial charge in [-0.1, -0.05) is 48.5 Å². The molecule has 0 amide bonds. The van der Waals surface area contributed by atoms with Crippen LogP contribution < -0.4 is 5.32 Å². The van der Waals surface area contributed by atoms with Crippen molar-refractivity contribution in [1.82, 2.24) is 20.1 Å². The molecule has 1 N–H and O–H groups in total. The van der Waals surface area contributed by atoms with E-state index in [2.05, 4.69) is 27.5 Å². The second-order valence-corrected chi connectivity index (χ2v) is 5.05. The van der Waals surface area contributed by atoms with Crippen LogP contribution in [0.15, 0.2) is 67.3 Å². The molecule has 0 spiro atoms. The fourth-order valence-electron chi connectivity index (χ4n) is 2.36. The zero-order valence-electron chi connectivity index (χ0n) is 12.1. The van der Waals surface area contributed by atoms with Crippen LogP contribution >= 0.6 is 0 Å². The number of rotatable bonds is 6. The summed E-state index contributed by atoms with van der Waals surface area (Å²) in [5, 5.41) is 7.55. The van der Waals surface area contributed by atoms with Gasteiger partial charge >= 0.3 is 0 Å². The fourth-order valence-corrected chi connectivity index (χ4v) is 2.36. The highest BCUT2D eigenvalue weighted by molar-refractivity contribution is 5.20. The molecule has 4 nitrogen and oxygen atoms in total. The van der Waals surface area contributed by atoms with E-state index in [9.17, 15) is 4.39 Å². The highest BCUT2D eigenvalue weighted by Gasteiger charge is 2.13. The Morgan fingerprint density at radius 1 is 1.05 bits per heavy atom. The SMILES string of the molecule is Fc1ccccc1CN[C@H](Cn1cncn1)c1ccccc1. The Labute approximate surface area is 128 Å². The number of benzene rings is 2. The normalized spacial score (nSPS) is 12.2. The third kappa shape index (κ3) is 3.56. The van der Waals surface area contributed by atoms with Crippen LogP contribution in [-0.4, -0.2) is 14.8 Å². The second-order valence-electron chi connectivity index (χ2n) is 5.05. The van der Waals surface area contributed by atoms with E-state index in [1.807, 2.05) is 24.3 Å². The first-order valence-electron chi connectivity index (χ1n) is 7.17. The monoisotopic (exact) mass is 296 g/mol. The third-order valence-corrected chi connectivity index (χ3v) is 3.53. The molecule has 0 radical (unpaired) electrons. The van der Waals surface area contributed by atoms with Gasteiger partial charge in [-0.2, -0.15) is 5.10 Å². The molecule has 0 aliphatic carbocycles. The molecule has 0 saturated heterocycles. The first kappa shape index (κ1) is 14.4. The molecule has 0 unspecified atom stereocenters. The minimum atomic E-state index is -0.192. The van der Waals surface area contributed by atoms with E-state index < -0.39 is 0 Å². The maximum Gasteiger partial charge on any atom is 0.137 e. The maximum absolute atomic E-state index is 13.8. The molecule has 1 atom stereocenters. The largest absolute Gasteiger partial charge is 0.304 e. The number of halogens is 1. The summed E-state index contributed by atoms with van der Waals surface area (Å²) in [6, 6.07) is 16.9. The molecular formula is C17H17FN4. The van der Waals surface area contributed by atoms with Gasteiger partial charge in [0.1, 0.15) is 18.5 Å². The van der Waals surface area contributed by atoms with Crippen molar-refractivity contribution in [3.63, 3.8) is 0 Å². The molecule has 3 rings (SSSR count). The molecular weight excluding hydrogens is 279 g/mol. The van der Waals surface area contributed by atoms with Gasteiger partial charge in [-0.15, -0.1) is 0 Å². The number of nitrogens with zero attached hydrogens (tertiary/aromatic N) is 3. The van der Waals surface area contributed by atoms with Crippen molar-refractivity contribution >= 4 is 0 Å². The summed E-state index contributed by atoms with van der Waals surface area (Å²) >= 11 is 0. The molecule has 112 valence electrons. The van der Waals surface area contributed by atoms with Crippen molar-refractivity contribution in [2.24, 2.45) is 0 Å². The molecule has 0 fully saturated rings. The smallest absolute Gasteiger partial charge is 0.137 e. The predicted octanol–water partition coefficient (Wildman–Crippen LogP) is 2.95. The Balaban J connectivity index is 1.75. The van der Waals surface area contributed by atoms with E-state index in [-0.39, 0.29) is 11.9 Å². The van der Waals surface area contributed by atoms with Gasteiger partial charge in [-0.3, -0.25) is 4.68 Å². The van der Waals surface area contributed by atoms with E-state index >= 15 is 0 Å². The van der Waals surface area contributed by atoms with Crippen molar-refractivity contribution in [2.75, 3.05) is 0 Å². The van der Waals surface area contributed by atoms with E-state index in [4.69, 9.17) is 0 Å². The average Bonchev–Trinajstić information content (AvgIpc) is 3.07. The van der Waals surface area contributed by atoms with Gasteiger partial charge in [0.05, 0.1) is 12.6 Å². The van der Waals surface area contributed by atoms with Crippen molar-refractivity contribution in [3.05, 3.63) is 84.2 Å². The van der Waals surface area contributed by atoms with Crippen molar-refractivity contribution in [2.45, 2.75) is 19.1 Å². The molecule has 1 aromatic heterocycles. The Bertz CT molecular complexity index is 698. The molecule has 3 aromatic rings. The van der Waals surface area contributed by atoms with E-state index in [0.717, 1.165) is 5.56 Å². The van der Waals surface area contributed by atoms with Gasteiger partial charge in [-0.25, -0.2) is 9.37 Å². The first-order valence-corrected chi connectivity index (χ1v) is 7.17. The van der Waals surface area contributed by atoms with Gasteiger partial charge in [-0.05, 0) is 11.6 Å². The molecule has 0 bridgehead atoms. The van der Waals surface area contributed by atoms with Crippen LogP contribution in [0.3, 0.4) is 0 Å². The summed E-state index contributed by atoms with van der Waals surface area (Å²) in [7, 11) is 0. The lowest BCUT2D eigenvalue weighted by molar-refractivity contribution is 0.432. The number of hydrogen-bond donors (Lipinski definition) is 1. The van der Waals surface area contributed by atoms with Gasteiger partial charge in [0.2, 0.25) is 0 Å². The Hall–Kier alpha value is -2.53. The average molecular weight is 296 g/mol. The maximum atomic E-state index is 13.8. The van der Waals surface area contributed by atoms with E-state index in [0.29, 0.717) is 18.7 Å². The molecule has 2 aromatic carbocycles. The standard InChI is InChI=1S/C17H17FN4/c18-16-9-5-4-8-15(16)10-20-17(11-22-13-19-12-21-22)14-6-2-1-3-7-14/h1-9,12-13,17,20H,10-11H2/t17-/m1/s1. The van der Waals surface area contributed by atoms with Crippen LogP contribution in [-0.2, 0) is 13.1 Å². The Kier molecular flexibility index (Phi) is 4.56.